The van der Waals surface area contributed by atoms with Crippen LogP contribution >= 0.6 is 22.9 Å². The number of nitrogens with one attached hydrogen (secondary N) is 1. The fourth-order valence-corrected chi connectivity index (χ4v) is 6.26. The second-order valence-corrected chi connectivity index (χ2v) is 11.1. The lowest BCUT2D eigenvalue weighted by atomic mass is 10.2. The monoisotopic (exact) mass is 495 g/mol. The quantitative estimate of drug-likeness (QED) is 0.540. The van der Waals surface area contributed by atoms with Gasteiger partial charge in [-0.3, -0.25) is 14.1 Å². The van der Waals surface area contributed by atoms with Crippen LogP contribution < -0.4 is 5.32 Å². The van der Waals surface area contributed by atoms with E-state index in [0.29, 0.717) is 30.5 Å². The molecule has 1 aliphatic heterocycles. The van der Waals surface area contributed by atoms with Crippen LogP contribution in [-0.4, -0.2) is 59.1 Å². The van der Waals surface area contributed by atoms with Gasteiger partial charge in [-0.2, -0.15) is 4.31 Å². The number of hydrogen-bond acceptors (Lipinski definition) is 6. The third-order valence-corrected chi connectivity index (χ3v) is 8.80. The molecule has 2 aromatic heterocycles. The van der Waals surface area contributed by atoms with E-state index in [2.05, 4.69) is 10.3 Å². The molecule has 32 heavy (non-hydrogen) atoms. The molecule has 0 bridgehead atoms. The van der Waals surface area contributed by atoms with E-state index in [1.54, 1.807) is 24.3 Å². The Hall–Kier alpha value is -1.98. The molecule has 1 fully saturated rings. The van der Waals surface area contributed by atoms with E-state index in [1.807, 2.05) is 34.8 Å². The Bertz CT molecular complexity index is 1200. The van der Waals surface area contributed by atoms with E-state index < -0.39 is 16.1 Å². The number of hydrogen-bond donors (Lipinski definition) is 1. The molecule has 1 aliphatic rings. The zero-order valence-corrected chi connectivity index (χ0v) is 20.4. The van der Waals surface area contributed by atoms with E-state index in [-0.39, 0.29) is 10.8 Å². The van der Waals surface area contributed by atoms with Gasteiger partial charge in [-0.1, -0.05) is 18.0 Å². The summed E-state index contributed by atoms with van der Waals surface area (Å²) in [6.07, 6.45) is 4.75. The molecule has 0 spiro atoms. The zero-order chi connectivity index (χ0) is 22.9. The Balaban J connectivity index is 1.39. The van der Waals surface area contributed by atoms with E-state index in [9.17, 15) is 13.2 Å². The largest absolute Gasteiger partial charge is 0.325 e. The second-order valence-electron chi connectivity index (χ2n) is 7.97. The smallest absolute Gasteiger partial charge is 0.243 e. The van der Waals surface area contributed by atoms with Gasteiger partial charge in [0.1, 0.15) is 0 Å². The summed E-state index contributed by atoms with van der Waals surface area (Å²) in [6, 6.07) is 5.92. The number of sulfonamides is 1. The number of likely N-dealkylation sites (N-methyl/N-ethyl adjacent to an activating group) is 1. The lowest BCUT2D eigenvalue weighted by Gasteiger charge is -2.26. The normalized spacial score (nSPS) is 16.5. The maximum absolute atomic E-state index is 12.8. The van der Waals surface area contributed by atoms with Crippen molar-refractivity contribution in [2.75, 3.05) is 25.5 Å². The third kappa shape index (κ3) is 4.69. The molecule has 172 valence electrons. The Morgan fingerprint density at radius 2 is 1.94 bits per heavy atom. The highest BCUT2D eigenvalue weighted by molar-refractivity contribution is 7.89. The van der Waals surface area contributed by atoms with Crippen LogP contribution in [-0.2, 0) is 21.4 Å². The molecule has 0 saturated carbocycles. The molecule has 11 heteroatoms. The number of carbonyl (C=O) groups excluding carboxylic acids is 1. The SMILES string of the molecule is C[C@H](C(=O)Nc1ccc(S(=O)(=O)N2CCCCC2)cc1)N(C)Cc1c(Cl)nc2sccn12. The topological polar surface area (TPSA) is 87.0 Å². The van der Waals surface area contributed by atoms with Gasteiger partial charge in [0, 0.05) is 36.9 Å². The van der Waals surface area contributed by atoms with Gasteiger partial charge in [-0.25, -0.2) is 13.4 Å². The van der Waals surface area contributed by atoms with E-state index in [0.717, 1.165) is 29.9 Å². The second kappa shape index (κ2) is 9.48. The van der Waals surface area contributed by atoms with Gasteiger partial charge in [0.2, 0.25) is 15.9 Å². The zero-order valence-electron chi connectivity index (χ0n) is 18.0. The molecule has 1 saturated heterocycles. The highest BCUT2D eigenvalue weighted by atomic mass is 35.5. The summed E-state index contributed by atoms with van der Waals surface area (Å²) in [6.45, 7) is 3.38. The van der Waals surface area contributed by atoms with Gasteiger partial charge >= 0.3 is 0 Å². The number of halogens is 1. The highest BCUT2D eigenvalue weighted by Gasteiger charge is 2.26. The van der Waals surface area contributed by atoms with Gasteiger partial charge in [-0.05, 0) is 51.1 Å². The first-order chi connectivity index (χ1) is 15.3. The van der Waals surface area contributed by atoms with Crippen molar-refractivity contribution in [2.24, 2.45) is 0 Å². The van der Waals surface area contributed by atoms with Crippen LogP contribution in [0.25, 0.3) is 4.96 Å². The minimum atomic E-state index is -3.49. The molecule has 1 atom stereocenters. The van der Waals surface area contributed by atoms with Crippen LogP contribution in [0.15, 0.2) is 40.7 Å². The molecule has 3 heterocycles. The summed E-state index contributed by atoms with van der Waals surface area (Å²) in [5.74, 6) is -0.193. The van der Waals surface area contributed by atoms with E-state index in [1.165, 1.54) is 15.6 Å². The molecule has 1 aromatic carbocycles. The number of fused-ring (bicyclic) bond motifs is 1. The van der Waals surface area contributed by atoms with Crippen molar-refractivity contribution in [3.63, 3.8) is 0 Å². The Morgan fingerprint density at radius 1 is 1.25 bits per heavy atom. The molecule has 0 aliphatic carbocycles. The summed E-state index contributed by atoms with van der Waals surface area (Å²) in [4.78, 5) is 20.1. The summed E-state index contributed by atoms with van der Waals surface area (Å²) in [7, 11) is -1.64. The maximum atomic E-state index is 12.8. The van der Waals surface area contributed by atoms with Crippen LogP contribution in [0.1, 0.15) is 31.9 Å². The number of amides is 1. The molecule has 0 radical (unpaired) electrons. The van der Waals surface area contributed by atoms with Crippen molar-refractivity contribution >= 4 is 49.5 Å². The summed E-state index contributed by atoms with van der Waals surface area (Å²) in [5, 5.41) is 5.23. The van der Waals surface area contributed by atoms with Gasteiger partial charge in [0.15, 0.2) is 10.1 Å². The molecular weight excluding hydrogens is 470 g/mol. The fourth-order valence-electron chi connectivity index (χ4n) is 3.73. The minimum absolute atomic E-state index is 0.193. The molecule has 4 rings (SSSR count). The molecule has 8 nitrogen and oxygen atoms in total. The third-order valence-electron chi connectivity index (χ3n) is 5.83. The van der Waals surface area contributed by atoms with Gasteiger partial charge in [0.05, 0.1) is 16.6 Å². The molecule has 3 aromatic rings. The highest BCUT2D eigenvalue weighted by Crippen LogP contribution is 2.24. The number of anilines is 1. The minimum Gasteiger partial charge on any atom is -0.325 e. The first-order valence-electron chi connectivity index (χ1n) is 10.5. The lowest BCUT2D eigenvalue weighted by Crippen LogP contribution is -2.39. The Kier molecular flexibility index (Phi) is 6.87. The van der Waals surface area contributed by atoms with Crippen molar-refractivity contribution < 1.29 is 13.2 Å². The predicted molar refractivity (Wildman–Crippen MR) is 127 cm³/mol. The van der Waals surface area contributed by atoms with Crippen molar-refractivity contribution in [2.45, 2.75) is 43.7 Å². The van der Waals surface area contributed by atoms with Crippen molar-refractivity contribution in [3.05, 3.63) is 46.7 Å². The first kappa shape index (κ1) is 23.2. The van der Waals surface area contributed by atoms with Crippen LogP contribution in [0, 0.1) is 0 Å². The fraction of sp³-hybridized carbons (Fsp3) is 0.429. The standard InChI is InChI=1S/C21H26ClN5O3S2/c1-15(25(2)14-18-19(22)24-21-27(18)12-13-31-21)20(28)23-16-6-8-17(9-7-16)32(29,30)26-10-4-3-5-11-26/h6-9,12-13,15H,3-5,10-11,14H2,1-2H3,(H,23,28)/t15-/m1/s1. The van der Waals surface area contributed by atoms with Crippen LogP contribution in [0.4, 0.5) is 5.69 Å². The van der Waals surface area contributed by atoms with Crippen molar-refractivity contribution in [1.82, 2.24) is 18.6 Å². The van der Waals surface area contributed by atoms with E-state index in [4.69, 9.17) is 11.6 Å². The van der Waals surface area contributed by atoms with Gasteiger partial charge in [0.25, 0.3) is 0 Å². The lowest BCUT2D eigenvalue weighted by molar-refractivity contribution is -0.120. The van der Waals surface area contributed by atoms with Crippen LogP contribution in [0.3, 0.4) is 0 Å². The number of carbonyl (C=O) groups is 1. The Labute approximate surface area is 196 Å². The number of rotatable bonds is 7. The number of aromatic nitrogens is 2. The van der Waals surface area contributed by atoms with E-state index >= 15 is 0 Å². The number of piperidine rings is 1. The molecule has 1 N–H and O–H groups in total. The van der Waals surface area contributed by atoms with Crippen LogP contribution in [0.5, 0.6) is 0 Å². The van der Waals surface area contributed by atoms with Crippen molar-refractivity contribution in [1.29, 1.82) is 0 Å². The number of nitrogens with zero attached hydrogens (tertiary/aromatic N) is 4. The Morgan fingerprint density at radius 3 is 2.62 bits per heavy atom. The van der Waals surface area contributed by atoms with Crippen molar-refractivity contribution in [3.8, 4) is 0 Å². The number of thiazole rings is 1. The first-order valence-corrected chi connectivity index (χ1v) is 13.2. The summed E-state index contributed by atoms with van der Waals surface area (Å²) < 4.78 is 29.0. The maximum Gasteiger partial charge on any atom is 0.243 e. The molecule has 1 amide bonds. The molecular formula is C21H26ClN5O3S2. The summed E-state index contributed by atoms with van der Waals surface area (Å²) in [5.41, 5.74) is 1.38. The van der Waals surface area contributed by atoms with Gasteiger partial charge < -0.3 is 5.32 Å². The van der Waals surface area contributed by atoms with Gasteiger partial charge in [-0.15, -0.1) is 11.3 Å². The molecule has 0 unspecified atom stereocenters. The average molecular weight is 496 g/mol. The average Bonchev–Trinajstić information content (AvgIpc) is 3.36. The number of imidazole rings is 1. The summed E-state index contributed by atoms with van der Waals surface area (Å²) >= 11 is 7.77. The van der Waals surface area contributed by atoms with Crippen LogP contribution in [0.2, 0.25) is 5.15 Å². The predicted octanol–water partition coefficient (Wildman–Crippen LogP) is 3.68. The number of benzene rings is 1.